The average molecular weight is 304 g/mol. The summed E-state index contributed by atoms with van der Waals surface area (Å²) in [6.45, 7) is 3.91. The van der Waals surface area contributed by atoms with Crippen LogP contribution in [-0.4, -0.2) is 8.42 Å². The lowest BCUT2D eigenvalue weighted by atomic mass is 10.1. The van der Waals surface area contributed by atoms with E-state index in [1.54, 1.807) is 30.3 Å². The molecule has 0 radical (unpaired) electrons. The lowest BCUT2D eigenvalue weighted by molar-refractivity contribution is 0.601. The fourth-order valence-corrected chi connectivity index (χ4v) is 3.26. The van der Waals surface area contributed by atoms with Gasteiger partial charge in [0.2, 0.25) is 0 Å². The van der Waals surface area contributed by atoms with Crippen molar-refractivity contribution in [2.75, 3.05) is 10.5 Å². The molecule has 0 saturated carbocycles. The van der Waals surface area contributed by atoms with Crippen molar-refractivity contribution in [1.29, 1.82) is 0 Å². The third-order valence-electron chi connectivity index (χ3n) is 3.27. The molecule has 0 aromatic heterocycles. The molecular weight excluding hydrogens is 284 g/mol. The van der Waals surface area contributed by atoms with Crippen LogP contribution < -0.4 is 10.5 Å². The predicted molar refractivity (Wildman–Crippen MR) is 86.8 cm³/mol. The molecule has 2 aromatic rings. The highest BCUT2D eigenvalue weighted by atomic mass is 32.2. The maximum Gasteiger partial charge on any atom is 0.261 e. The Bertz CT molecular complexity index is 722. The number of rotatable bonds is 5. The predicted octanol–water partition coefficient (Wildman–Crippen LogP) is 3.33. The van der Waals surface area contributed by atoms with Gasteiger partial charge in [-0.2, -0.15) is 0 Å². The molecule has 0 saturated heterocycles. The second-order valence-electron chi connectivity index (χ2n) is 5.07. The Labute approximate surface area is 126 Å². The standard InChI is InChI=1S/C16H20N2O2S/c1-3-4-13-5-8-15(9-6-13)21(19,20)18-16-10-7-14(17)11-12(16)2/h5-11,18H,3-4,17H2,1-2H3. The van der Waals surface area contributed by atoms with Crippen molar-refractivity contribution < 1.29 is 8.42 Å². The molecule has 0 unspecified atom stereocenters. The normalized spacial score (nSPS) is 11.3. The summed E-state index contributed by atoms with van der Waals surface area (Å²) in [6, 6.07) is 12.1. The van der Waals surface area contributed by atoms with Gasteiger partial charge in [0, 0.05) is 5.69 Å². The monoisotopic (exact) mass is 304 g/mol. The summed E-state index contributed by atoms with van der Waals surface area (Å²) in [6.07, 6.45) is 1.99. The maximum absolute atomic E-state index is 12.4. The molecular formula is C16H20N2O2S. The van der Waals surface area contributed by atoms with E-state index in [-0.39, 0.29) is 4.90 Å². The van der Waals surface area contributed by atoms with Crippen molar-refractivity contribution in [3.63, 3.8) is 0 Å². The average Bonchev–Trinajstić information content (AvgIpc) is 2.43. The van der Waals surface area contributed by atoms with Gasteiger partial charge in [-0.05, 0) is 54.8 Å². The fourth-order valence-electron chi connectivity index (χ4n) is 2.13. The molecule has 0 aliphatic carbocycles. The first-order valence-corrected chi connectivity index (χ1v) is 8.38. The van der Waals surface area contributed by atoms with E-state index in [0.29, 0.717) is 11.4 Å². The van der Waals surface area contributed by atoms with Gasteiger partial charge in [0.05, 0.1) is 10.6 Å². The van der Waals surface area contributed by atoms with Crippen LogP contribution in [0.25, 0.3) is 0 Å². The molecule has 0 atom stereocenters. The minimum Gasteiger partial charge on any atom is -0.399 e. The van der Waals surface area contributed by atoms with Gasteiger partial charge in [-0.1, -0.05) is 25.5 Å². The van der Waals surface area contributed by atoms with Gasteiger partial charge in [0.25, 0.3) is 10.0 Å². The van der Waals surface area contributed by atoms with E-state index in [1.165, 1.54) is 0 Å². The molecule has 0 spiro atoms. The molecule has 2 rings (SSSR count). The van der Waals surface area contributed by atoms with Crippen LogP contribution in [0, 0.1) is 6.92 Å². The molecule has 3 N–H and O–H groups in total. The molecule has 0 amide bonds. The molecule has 4 nitrogen and oxygen atoms in total. The van der Waals surface area contributed by atoms with Crippen LogP contribution in [0.4, 0.5) is 11.4 Å². The van der Waals surface area contributed by atoms with Crippen molar-refractivity contribution in [3.8, 4) is 0 Å². The molecule has 0 aliphatic rings. The highest BCUT2D eigenvalue weighted by molar-refractivity contribution is 7.92. The Balaban J connectivity index is 2.25. The zero-order chi connectivity index (χ0) is 15.5. The number of hydrogen-bond donors (Lipinski definition) is 2. The second kappa shape index (κ2) is 6.18. The number of sulfonamides is 1. The lowest BCUT2D eigenvalue weighted by Crippen LogP contribution is -2.13. The molecule has 21 heavy (non-hydrogen) atoms. The van der Waals surface area contributed by atoms with Gasteiger partial charge in [0.15, 0.2) is 0 Å². The Hall–Kier alpha value is -2.01. The zero-order valence-electron chi connectivity index (χ0n) is 12.3. The first-order chi connectivity index (χ1) is 9.92. The molecule has 0 aliphatic heterocycles. The number of benzene rings is 2. The number of nitrogens with one attached hydrogen (secondary N) is 1. The number of hydrogen-bond acceptors (Lipinski definition) is 3. The van der Waals surface area contributed by atoms with Crippen LogP contribution in [-0.2, 0) is 16.4 Å². The third-order valence-corrected chi connectivity index (χ3v) is 4.65. The van der Waals surface area contributed by atoms with Crippen LogP contribution in [0.15, 0.2) is 47.4 Å². The van der Waals surface area contributed by atoms with E-state index >= 15 is 0 Å². The minimum atomic E-state index is -3.57. The van der Waals surface area contributed by atoms with Gasteiger partial charge in [-0.15, -0.1) is 0 Å². The van der Waals surface area contributed by atoms with Crippen LogP contribution in [0.5, 0.6) is 0 Å². The molecule has 2 aromatic carbocycles. The Kier molecular flexibility index (Phi) is 4.53. The van der Waals surface area contributed by atoms with Crippen molar-refractivity contribution in [2.24, 2.45) is 0 Å². The molecule has 0 heterocycles. The van der Waals surface area contributed by atoms with Gasteiger partial charge in [-0.25, -0.2) is 8.42 Å². The van der Waals surface area contributed by atoms with Crippen molar-refractivity contribution >= 4 is 21.4 Å². The lowest BCUT2D eigenvalue weighted by Gasteiger charge is -2.11. The Morgan fingerprint density at radius 3 is 2.33 bits per heavy atom. The van der Waals surface area contributed by atoms with E-state index in [0.717, 1.165) is 24.0 Å². The smallest absolute Gasteiger partial charge is 0.261 e. The molecule has 0 bridgehead atoms. The SMILES string of the molecule is CCCc1ccc(S(=O)(=O)Nc2ccc(N)cc2C)cc1. The van der Waals surface area contributed by atoms with Gasteiger partial charge < -0.3 is 5.73 Å². The third kappa shape index (κ3) is 3.76. The quantitative estimate of drug-likeness (QED) is 0.832. The van der Waals surface area contributed by atoms with Crippen molar-refractivity contribution in [2.45, 2.75) is 31.6 Å². The Morgan fingerprint density at radius 1 is 1.10 bits per heavy atom. The summed E-state index contributed by atoms with van der Waals surface area (Å²) in [5, 5.41) is 0. The summed E-state index contributed by atoms with van der Waals surface area (Å²) in [7, 11) is -3.57. The number of aryl methyl sites for hydroxylation is 2. The number of nitrogens with two attached hydrogens (primary N) is 1. The maximum atomic E-state index is 12.4. The largest absolute Gasteiger partial charge is 0.399 e. The molecule has 112 valence electrons. The van der Waals surface area contributed by atoms with Gasteiger partial charge >= 0.3 is 0 Å². The molecule has 5 heteroatoms. The minimum absolute atomic E-state index is 0.263. The first kappa shape index (κ1) is 15.4. The van der Waals surface area contributed by atoms with E-state index in [9.17, 15) is 8.42 Å². The number of anilines is 2. The summed E-state index contributed by atoms with van der Waals surface area (Å²) in [5.74, 6) is 0. The van der Waals surface area contributed by atoms with E-state index in [2.05, 4.69) is 11.6 Å². The van der Waals surface area contributed by atoms with Crippen LogP contribution in [0.1, 0.15) is 24.5 Å². The van der Waals surface area contributed by atoms with Gasteiger partial charge in [-0.3, -0.25) is 4.72 Å². The highest BCUT2D eigenvalue weighted by Gasteiger charge is 2.15. The number of nitrogen functional groups attached to an aromatic ring is 1. The second-order valence-corrected chi connectivity index (χ2v) is 6.76. The Morgan fingerprint density at radius 2 is 1.76 bits per heavy atom. The summed E-state index contributed by atoms with van der Waals surface area (Å²) < 4.78 is 27.3. The fraction of sp³-hybridized carbons (Fsp3) is 0.250. The van der Waals surface area contributed by atoms with Crippen LogP contribution in [0.2, 0.25) is 0 Å². The first-order valence-electron chi connectivity index (χ1n) is 6.90. The van der Waals surface area contributed by atoms with E-state index in [4.69, 9.17) is 5.73 Å². The molecule has 0 fully saturated rings. The van der Waals surface area contributed by atoms with Crippen molar-refractivity contribution in [1.82, 2.24) is 0 Å². The van der Waals surface area contributed by atoms with Gasteiger partial charge in [0.1, 0.15) is 0 Å². The topological polar surface area (TPSA) is 72.2 Å². The highest BCUT2D eigenvalue weighted by Crippen LogP contribution is 2.22. The van der Waals surface area contributed by atoms with E-state index < -0.39 is 10.0 Å². The summed E-state index contributed by atoms with van der Waals surface area (Å²) in [4.78, 5) is 0.263. The summed E-state index contributed by atoms with van der Waals surface area (Å²) in [5.41, 5.74) is 8.76. The summed E-state index contributed by atoms with van der Waals surface area (Å²) >= 11 is 0. The van der Waals surface area contributed by atoms with E-state index in [1.807, 2.05) is 19.1 Å². The van der Waals surface area contributed by atoms with Crippen molar-refractivity contribution in [3.05, 3.63) is 53.6 Å². The van der Waals surface area contributed by atoms with Crippen LogP contribution in [0.3, 0.4) is 0 Å². The van der Waals surface area contributed by atoms with Crippen LogP contribution >= 0.6 is 0 Å². The zero-order valence-corrected chi connectivity index (χ0v) is 13.1.